The molecule has 0 spiro atoms. The summed E-state index contributed by atoms with van der Waals surface area (Å²) in [4.78, 5) is 4.87. The molecule has 1 saturated heterocycles. The number of epoxide rings is 1. The average Bonchev–Trinajstić information content (AvgIpc) is 3.41. The third-order valence-corrected chi connectivity index (χ3v) is 6.25. The SMILES string of the molecule is COC[C@@H]1N=C(C2OC2(c2ccc(Cl)cc2)c2ccc(Cl)cc2)O[C@H]1c1ccccc1. The second-order valence-electron chi connectivity index (χ2n) is 7.69. The maximum absolute atomic E-state index is 6.38. The fourth-order valence-electron chi connectivity index (χ4n) is 4.20. The second-order valence-corrected chi connectivity index (χ2v) is 8.56. The van der Waals surface area contributed by atoms with Crippen LogP contribution in [0, 0.1) is 0 Å². The van der Waals surface area contributed by atoms with Crippen LogP contribution in [-0.4, -0.2) is 31.8 Å². The van der Waals surface area contributed by atoms with Gasteiger partial charge >= 0.3 is 0 Å². The minimum Gasteiger partial charge on any atom is -0.468 e. The molecule has 0 amide bonds. The number of rotatable bonds is 6. The van der Waals surface area contributed by atoms with Gasteiger partial charge in [-0.2, -0.15) is 0 Å². The molecule has 5 rings (SSSR count). The van der Waals surface area contributed by atoms with Gasteiger partial charge in [-0.15, -0.1) is 0 Å². The Hall–Kier alpha value is -2.37. The number of nitrogens with zero attached hydrogens (tertiary/aromatic N) is 1. The van der Waals surface area contributed by atoms with Gasteiger partial charge in [-0.05, 0) is 41.0 Å². The first-order chi connectivity index (χ1) is 15.1. The van der Waals surface area contributed by atoms with Gasteiger partial charge < -0.3 is 14.2 Å². The van der Waals surface area contributed by atoms with E-state index >= 15 is 0 Å². The van der Waals surface area contributed by atoms with Crippen molar-refractivity contribution in [2.45, 2.75) is 23.9 Å². The van der Waals surface area contributed by atoms with Crippen LogP contribution in [0.4, 0.5) is 0 Å². The molecule has 0 aliphatic carbocycles. The number of benzene rings is 3. The molecule has 6 heteroatoms. The van der Waals surface area contributed by atoms with E-state index in [0.717, 1.165) is 16.7 Å². The van der Waals surface area contributed by atoms with E-state index in [0.29, 0.717) is 22.5 Å². The topological polar surface area (TPSA) is 43.3 Å². The van der Waals surface area contributed by atoms with Crippen LogP contribution in [0.25, 0.3) is 0 Å². The normalized spacial score (nSPS) is 23.8. The largest absolute Gasteiger partial charge is 0.468 e. The summed E-state index contributed by atoms with van der Waals surface area (Å²) in [6.45, 7) is 0.463. The summed E-state index contributed by atoms with van der Waals surface area (Å²) in [6, 6.07) is 25.3. The lowest BCUT2D eigenvalue weighted by molar-refractivity contribution is 0.118. The van der Waals surface area contributed by atoms with E-state index in [1.165, 1.54) is 0 Å². The molecule has 0 saturated carbocycles. The Bertz CT molecular complexity index is 1040. The van der Waals surface area contributed by atoms with E-state index in [-0.39, 0.29) is 18.2 Å². The van der Waals surface area contributed by atoms with Gasteiger partial charge in [0.1, 0.15) is 12.1 Å². The first-order valence-electron chi connectivity index (χ1n) is 10.1. The molecule has 4 nitrogen and oxygen atoms in total. The van der Waals surface area contributed by atoms with Crippen molar-refractivity contribution in [1.29, 1.82) is 0 Å². The van der Waals surface area contributed by atoms with Crippen LogP contribution in [-0.2, 0) is 19.8 Å². The van der Waals surface area contributed by atoms with Crippen molar-refractivity contribution in [3.8, 4) is 0 Å². The molecule has 2 aliphatic heterocycles. The van der Waals surface area contributed by atoms with Crippen molar-refractivity contribution in [2.24, 2.45) is 4.99 Å². The standard InChI is InChI=1S/C25H21Cl2NO3/c1-29-15-21-22(16-5-3-2-4-6-16)30-24(28-21)23-25(31-23,17-7-11-19(26)12-8-17)18-9-13-20(27)14-10-18/h2-14,21-23H,15H2,1H3/t21-,22-,23?/m0/s1. The van der Waals surface area contributed by atoms with Crippen LogP contribution in [0.1, 0.15) is 22.8 Å². The number of hydrogen-bond acceptors (Lipinski definition) is 4. The van der Waals surface area contributed by atoms with Crippen LogP contribution in [0.3, 0.4) is 0 Å². The first kappa shape index (κ1) is 20.5. The average molecular weight is 454 g/mol. The maximum Gasteiger partial charge on any atom is 0.218 e. The Morgan fingerprint density at radius 2 is 1.45 bits per heavy atom. The van der Waals surface area contributed by atoms with Gasteiger partial charge in [0.15, 0.2) is 11.7 Å². The summed E-state index contributed by atoms with van der Waals surface area (Å²) in [5, 5.41) is 1.34. The summed E-state index contributed by atoms with van der Waals surface area (Å²) in [5.74, 6) is 0.584. The summed E-state index contributed by atoms with van der Waals surface area (Å²) in [5.41, 5.74) is 2.34. The molecule has 2 aliphatic rings. The molecule has 1 fully saturated rings. The van der Waals surface area contributed by atoms with Gasteiger partial charge in [-0.3, -0.25) is 0 Å². The van der Waals surface area contributed by atoms with Crippen molar-refractivity contribution >= 4 is 29.1 Å². The Balaban J connectivity index is 1.51. The zero-order chi connectivity index (χ0) is 21.4. The molecule has 0 bridgehead atoms. The highest BCUT2D eigenvalue weighted by Gasteiger charge is 2.64. The highest BCUT2D eigenvalue weighted by molar-refractivity contribution is 6.30. The molecule has 0 radical (unpaired) electrons. The van der Waals surface area contributed by atoms with E-state index in [9.17, 15) is 0 Å². The molecule has 3 aromatic carbocycles. The predicted molar refractivity (Wildman–Crippen MR) is 122 cm³/mol. The molecule has 158 valence electrons. The summed E-state index contributed by atoms with van der Waals surface area (Å²) >= 11 is 12.3. The van der Waals surface area contributed by atoms with Crippen molar-refractivity contribution in [1.82, 2.24) is 0 Å². The number of hydrogen-bond donors (Lipinski definition) is 0. The van der Waals surface area contributed by atoms with Crippen LogP contribution >= 0.6 is 23.2 Å². The second kappa shape index (κ2) is 8.29. The molecular weight excluding hydrogens is 433 g/mol. The summed E-state index contributed by atoms with van der Waals surface area (Å²) in [7, 11) is 1.68. The quantitative estimate of drug-likeness (QED) is 0.441. The monoisotopic (exact) mass is 453 g/mol. The number of aliphatic imine (C=N–C) groups is 1. The lowest BCUT2D eigenvalue weighted by Gasteiger charge is -2.18. The lowest BCUT2D eigenvalue weighted by atomic mass is 9.88. The lowest BCUT2D eigenvalue weighted by Crippen LogP contribution is -2.22. The van der Waals surface area contributed by atoms with E-state index < -0.39 is 5.60 Å². The highest BCUT2D eigenvalue weighted by atomic mass is 35.5. The Morgan fingerprint density at radius 3 is 2.00 bits per heavy atom. The molecular formula is C25H21Cl2NO3. The Kier molecular flexibility index (Phi) is 5.49. The fraction of sp³-hybridized carbons (Fsp3) is 0.240. The van der Waals surface area contributed by atoms with Gasteiger partial charge in [0.25, 0.3) is 0 Å². The molecule has 3 atom stereocenters. The van der Waals surface area contributed by atoms with Crippen molar-refractivity contribution in [2.75, 3.05) is 13.7 Å². The van der Waals surface area contributed by atoms with Gasteiger partial charge in [0.05, 0.1) is 6.61 Å². The molecule has 0 aromatic heterocycles. The van der Waals surface area contributed by atoms with E-state index in [4.69, 9.17) is 42.4 Å². The first-order valence-corrected chi connectivity index (χ1v) is 10.9. The fourth-order valence-corrected chi connectivity index (χ4v) is 4.46. The zero-order valence-corrected chi connectivity index (χ0v) is 18.4. The predicted octanol–water partition coefficient (Wildman–Crippen LogP) is 5.82. The Morgan fingerprint density at radius 1 is 0.871 bits per heavy atom. The Labute approximate surface area is 191 Å². The van der Waals surface area contributed by atoms with Gasteiger partial charge in [0, 0.05) is 17.2 Å². The summed E-state index contributed by atoms with van der Waals surface area (Å²) in [6.07, 6.45) is -0.559. The van der Waals surface area contributed by atoms with E-state index in [1.54, 1.807) is 7.11 Å². The van der Waals surface area contributed by atoms with Crippen molar-refractivity contribution in [3.05, 3.63) is 106 Å². The smallest absolute Gasteiger partial charge is 0.218 e. The van der Waals surface area contributed by atoms with E-state index in [2.05, 4.69) is 0 Å². The van der Waals surface area contributed by atoms with Gasteiger partial charge in [0.2, 0.25) is 5.90 Å². The van der Waals surface area contributed by atoms with Crippen molar-refractivity contribution < 1.29 is 14.2 Å². The third-order valence-electron chi connectivity index (χ3n) is 5.74. The number of methoxy groups -OCH3 is 1. The van der Waals surface area contributed by atoms with E-state index in [1.807, 2.05) is 78.9 Å². The molecule has 1 unspecified atom stereocenters. The van der Waals surface area contributed by atoms with Crippen molar-refractivity contribution in [3.63, 3.8) is 0 Å². The molecule has 2 heterocycles. The minimum absolute atomic E-state index is 0.139. The zero-order valence-electron chi connectivity index (χ0n) is 16.9. The molecule has 31 heavy (non-hydrogen) atoms. The van der Waals surface area contributed by atoms with Gasteiger partial charge in [-0.25, -0.2) is 4.99 Å². The summed E-state index contributed by atoms with van der Waals surface area (Å²) < 4.78 is 18.2. The van der Waals surface area contributed by atoms with Gasteiger partial charge in [-0.1, -0.05) is 77.8 Å². The minimum atomic E-state index is -0.697. The third kappa shape index (κ3) is 3.74. The number of halogens is 2. The van der Waals surface area contributed by atoms with Crippen LogP contribution < -0.4 is 0 Å². The maximum atomic E-state index is 6.38. The molecule has 0 N–H and O–H groups in total. The number of ether oxygens (including phenoxy) is 3. The van der Waals surface area contributed by atoms with Crippen LogP contribution in [0.15, 0.2) is 83.9 Å². The highest BCUT2D eigenvalue weighted by Crippen LogP contribution is 2.54. The van der Waals surface area contributed by atoms with Crippen LogP contribution in [0.5, 0.6) is 0 Å². The molecule has 3 aromatic rings. The van der Waals surface area contributed by atoms with Crippen LogP contribution in [0.2, 0.25) is 10.0 Å².